The molecule has 7 heteroatoms. The lowest BCUT2D eigenvalue weighted by molar-refractivity contribution is -0.114. The fraction of sp³-hybridized carbons (Fsp3) is 0.812. The number of aliphatic hydroxyl groups excluding tert-OH is 3. The van der Waals surface area contributed by atoms with Crippen molar-refractivity contribution in [3.8, 4) is 0 Å². The SMILES string of the molecule is C[C@H](O)OCC(O)C[C@@H](O)CNC1=C(C(=N)Cl)C2CCC1CC2. The number of aliphatic hydroxyl groups is 3. The van der Waals surface area contributed by atoms with Gasteiger partial charge in [-0.25, -0.2) is 0 Å². The van der Waals surface area contributed by atoms with Gasteiger partial charge in [0, 0.05) is 24.2 Å². The van der Waals surface area contributed by atoms with Crippen molar-refractivity contribution < 1.29 is 20.1 Å². The number of allylic oxidation sites excluding steroid dienone is 2. The molecule has 0 spiro atoms. The van der Waals surface area contributed by atoms with E-state index in [1.165, 1.54) is 6.92 Å². The normalized spacial score (nSPS) is 27.7. The number of halogens is 1. The Morgan fingerprint density at radius 1 is 1.22 bits per heavy atom. The second-order valence-electron chi connectivity index (χ2n) is 6.55. The van der Waals surface area contributed by atoms with Crippen LogP contribution < -0.4 is 5.32 Å². The van der Waals surface area contributed by atoms with Gasteiger partial charge in [-0.1, -0.05) is 11.6 Å². The van der Waals surface area contributed by atoms with Gasteiger partial charge in [-0.2, -0.15) is 0 Å². The lowest BCUT2D eigenvalue weighted by atomic mass is 9.69. The molecule has 1 unspecified atom stereocenters. The summed E-state index contributed by atoms with van der Waals surface area (Å²) in [6, 6.07) is 0. The van der Waals surface area contributed by atoms with Crippen LogP contribution in [-0.2, 0) is 4.74 Å². The molecule has 1 saturated carbocycles. The van der Waals surface area contributed by atoms with E-state index in [9.17, 15) is 10.2 Å². The Hall–Kier alpha value is -0.660. The van der Waals surface area contributed by atoms with Crippen molar-refractivity contribution in [2.45, 2.75) is 57.5 Å². The summed E-state index contributed by atoms with van der Waals surface area (Å²) in [7, 11) is 0. The van der Waals surface area contributed by atoms with E-state index in [4.69, 9.17) is 26.9 Å². The maximum absolute atomic E-state index is 10.1. The van der Waals surface area contributed by atoms with Crippen LogP contribution in [0.25, 0.3) is 0 Å². The van der Waals surface area contributed by atoms with E-state index >= 15 is 0 Å². The smallest absolute Gasteiger partial charge is 0.151 e. The molecule has 3 aliphatic carbocycles. The molecule has 0 aromatic rings. The summed E-state index contributed by atoms with van der Waals surface area (Å²) in [5, 5.41) is 40.0. The van der Waals surface area contributed by atoms with Crippen LogP contribution in [0.1, 0.15) is 39.0 Å². The van der Waals surface area contributed by atoms with Crippen molar-refractivity contribution in [3.63, 3.8) is 0 Å². The minimum atomic E-state index is -0.930. The Bertz CT molecular complexity index is 447. The minimum absolute atomic E-state index is 0.0142. The van der Waals surface area contributed by atoms with E-state index < -0.39 is 18.5 Å². The second-order valence-corrected chi connectivity index (χ2v) is 6.92. The van der Waals surface area contributed by atoms with Crippen LogP contribution in [0.2, 0.25) is 0 Å². The standard InChI is InChI=1S/C16H27ClN2O4/c1-9(20)23-8-13(22)6-12(21)7-19-15-11-4-2-10(3-5-11)14(15)16(17)18/h9-13,18-22H,2-8H2,1H3/t9-,10?,11?,12-,13?/m1/s1. The van der Waals surface area contributed by atoms with Gasteiger partial charge < -0.3 is 25.4 Å². The van der Waals surface area contributed by atoms with Gasteiger partial charge >= 0.3 is 0 Å². The first-order valence-electron chi connectivity index (χ1n) is 8.26. The molecule has 2 bridgehead atoms. The summed E-state index contributed by atoms with van der Waals surface area (Å²) in [6.45, 7) is 1.76. The molecule has 1 fully saturated rings. The van der Waals surface area contributed by atoms with Gasteiger partial charge in [-0.15, -0.1) is 0 Å². The Balaban J connectivity index is 1.86. The molecule has 0 amide bonds. The molecule has 0 aromatic heterocycles. The topological polar surface area (TPSA) is 106 Å². The molecule has 3 aliphatic rings. The van der Waals surface area contributed by atoms with E-state index in [1.54, 1.807) is 0 Å². The first-order chi connectivity index (χ1) is 10.9. The van der Waals surface area contributed by atoms with Gasteiger partial charge in [0.15, 0.2) is 6.29 Å². The van der Waals surface area contributed by atoms with Crippen molar-refractivity contribution in [3.05, 3.63) is 11.3 Å². The highest BCUT2D eigenvalue weighted by Crippen LogP contribution is 2.44. The summed E-state index contributed by atoms with van der Waals surface area (Å²) < 4.78 is 4.91. The Morgan fingerprint density at radius 2 is 1.83 bits per heavy atom. The maximum Gasteiger partial charge on any atom is 0.151 e. The zero-order chi connectivity index (χ0) is 17.0. The van der Waals surface area contributed by atoms with Gasteiger partial charge in [-0.3, -0.25) is 5.41 Å². The molecule has 0 saturated heterocycles. The minimum Gasteiger partial charge on any atom is -0.391 e. The zero-order valence-electron chi connectivity index (χ0n) is 13.5. The number of hydrogen-bond acceptors (Lipinski definition) is 6. The fourth-order valence-electron chi connectivity index (χ4n) is 3.59. The van der Waals surface area contributed by atoms with Crippen molar-refractivity contribution in [2.24, 2.45) is 11.8 Å². The van der Waals surface area contributed by atoms with Crippen LogP contribution in [-0.4, -0.2) is 52.1 Å². The number of ether oxygens (including phenoxy) is 1. The van der Waals surface area contributed by atoms with E-state index in [2.05, 4.69) is 5.32 Å². The third kappa shape index (κ3) is 5.16. The molecule has 3 atom stereocenters. The van der Waals surface area contributed by atoms with Crippen molar-refractivity contribution in [1.82, 2.24) is 5.32 Å². The summed E-state index contributed by atoms with van der Waals surface area (Å²) in [4.78, 5) is 0. The first-order valence-corrected chi connectivity index (χ1v) is 8.64. The summed E-state index contributed by atoms with van der Waals surface area (Å²) in [6.07, 6.45) is 2.03. The summed E-state index contributed by atoms with van der Waals surface area (Å²) in [5.41, 5.74) is 1.90. The highest BCUT2D eigenvalue weighted by atomic mass is 35.5. The predicted molar refractivity (Wildman–Crippen MR) is 88.3 cm³/mol. The second kappa shape index (κ2) is 8.44. The van der Waals surface area contributed by atoms with Crippen LogP contribution in [0.3, 0.4) is 0 Å². The molecular formula is C16H27ClN2O4. The van der Waals surface area contributed by atoms with E-state index in [-0.39, 0.29) is 18.2 Å². The van der Waals surface area contributed by atoms with E-state index in [0.29, 0.717) is 18.4 Å². The Kier molecular flexibility index (Phi) is 6.85. The molecule has 23 heavy (non-hydrogen) atoms. The van der Waals surface area contributed by atoms with Gasteiger partial charge in [0.2, 0.25) is 0 Å². The van der Waals surface area contributed by atoms with Gasteiger partial charge in [0.1, 0.15) is 5.17 Å². The van der Waals surface area contributed by atoms with E-state index in [1.807, 2.05) is 0 Å². The monoisotopic (exact) mass is 346 g/mol. The fourth-order valence-corrected chi connectivity index (χ4v) is 3.85. The van der Waals surface area contributed by atoms with Crippen molar-refractivity contribution in [1.29, 1.82) is 5.41 Å². The van der Waals surface area contributed by atoms with Crippen LogP contribution in [0, 0.1) is 17.2 Å². The van der Waals surface area contributed by atoms with Crippen LogP contribution in [0.5, 0.6) is 0 Å². The number of rotatable bonds is 9. The third-order valence-corrected chi connectivity index (χ3v) is 4.88. The van der Waals surface area contributed by atoms with E-state index in [0.717, 1.165) is 37.0 Å². The van der Waals surface area contributed by atoms with Gasteiger partial charge in [0.05, 0.1) is 18.8 Å². The van der Waals surface area contributed by atoms with Crippen molar-refractivity contribution >= 4 is 16.8 Å². The molecule has 0 radical (unpaired) electrons. The van der Waals surface area contributed by atoms with Gasteiger partial charge in [-0.05, 0) is 44.4 Å². The highest BCUT2D eigenvalue weighted by Gasteiger charge is 2.36. The molecule has 3 rings (SSSR count). The van der Waals surface area contributed by atoms with Crippen LogP contribution >= 0.6 is 11.6 Å². The summed E-state index contributed by atoms with van der Waals surface area (Å²) in [5.74, 6) is 0.750. The number of fused-ring (bicyclic) bond motifs is 2. The quantitative estimate of drug-likeness (QED) is 0.320. The molecule has 0 heterocycles. The number of nitrogens with one attached hydrogen (secondary N) is 2. The average Bonchev–Trinajstić information content (AvgIpc) is 2.51. The Labute approximate surface area is 142 Å². The lowest BCUT2D eigenvalue weighted by Gasteiger charge is -2.40. The zero-order valence-corrected chi connectivity index (χ0v) is 14.2. The third-order valence-electron chi connectivity index (χ3n) is 4.67. The Morgan fingerprint density at radius 3 is 2.39 bits per heavy atom. The average molecular weight is 347 g/mol. The van der Waals surface area contributed by atoms with Crippen LogP contribution in [0.15, 0.2) is 11.3 Å². The molecule has 5 N–H and O–H groups in total. The molecule has 132 valence electrons. The van der Waals surface area contributed by atoms with Crippen LogP contribution in [0.4, 0.5) is 0 Å². The summed E-state index contributed by atoms with van der Waals surface area (Å²) >= 11 is 5.96. The largest absolute Gasteiger partial charge is 0.391 e. The highest BCUT2D eigenvalue weighted by molar-refractivity contribution is 6.68. The van der Waals surface area contributed by atoms with Gasteiger partial charge in [0.25, 0.3) is 0 Å². The molecule has 0 aliphatic heterocycles. The number of hydrogen-bond donors (Lipinski definition) is 5. The molecule has 0 aromatic carbocycles. The maximum atomic E-state index is 10.1. The molecular weight excluding hydrogens is 320 g/mol. The lowest BCUT2D eigenvalue weighted by Crippen LogP contribution is -2.39. The van der Waals surface area contributed by atoms with Crippen molar-refractivity contribution in [2.75, 3.05) is 13.2 Å². The first kappa shape index (κ1) is 18.7. The molecule has 6 nitrogen and oxygen atoms in total. The predicted octanol–water partition coefficient (Wildman–Crippen LogP) is 1.33.